The largest absolute Gasteiger partial charge is 0.464 e. The molecule has 4 heterocycles. The van der Waals surface area contributed by atoms with Crippen molar-refractivity contribution >= 4 is 47.8 Å². The van der Waals surface area contributed by atoms with E-state index in [4.69, 9.17) is 55.9 Å². The second kappa shape index (κ2) is 11.4. The van der Waals surface area contributed by atoms with Crippen LogP contribution in [0.4, 0.5) is 0 Å². The van der Waals surface area contributed by atoms with Crippen molar-refractivity contribution in [2.75, 3.05) is 26.4 Å². The molecule has 2 aliphatic heterocycles. The summed E-state index contributed by atoms with van der Waals surface area (Å²) in [6.07, 6.45) is -1.04. The molecule has 2 saturated heterocycles. The zero-order valence-corrected chi connectivity index (χ0v) is 23.5. The van der Waals surface area contributed by atoms with Crippen molar-refractivity contribution in [2.24, 2.45) is 0 Å². The van der Waals surface area contributed by atoms with Crippen molar-refractivity contribution in [3.63, 3.8) is 0 Å². The first-order valence-electron chi connectivity index (χ1n) is 11.9. The number of carbonyl (C=O) groups excluding carboxylic acids is 1. The lowest BCUT2D eigenvalue weighted by Gasteiger charge is -2.27. The van der Waals surface area contributed by atoms with Gasteiger partial charge in [-0.05, 0) is 34.6 Å². The molecule has 15 heteroatoms. The highest BCUT2D eigenvalue weighted by Gasteiger charge is 2.57. The molecule has 37 heavy (non-hydrogen) atoms. The molecule has 2 aromatic heterocycles. The molecule has 2 aromatic rings. The summed E-state index contributed by atoms with van der Waals surface area (Å²) in [6.45, 7) is 8.42. The third kappa shape index (κ3) is 5.83. The Hall–Kier alpha value is -1.34. The third-order valence-electron chi connectivity index (χ3n) is 5.70. The Morgan fingerprint density at radius 2 is 1.84 bits per heavy atom. The maximum Gasteiger partial charge on any atom is 0.370 e. The number of rotatable bonds is 11. The molecule has 0 amide bonds. The number of fused-ring (bicyclic) bond motifs is 2. The van der Waals surface area contributed by atoms with Gasteiger partial charge in [-0.2, -0.15) is 0 Å². The van der Waals surface area contributed by atoms with Gasteiger partial charge in [0.05, 0.1) is 38.3 Å². The number of imidazole rings is 1. The van der Waals surface area contributed by atoms with Crippen LogP contribution in [0.3, 0.4) is 0 Å². The van der Waals surface area contributed by atoms with Crippen LogP contribution in [-0.2, 0) is 42.1 Å². The molecule has 4 rings (SSSR count). The van der Waals surface area contributed by atoms with Crippen molar-refractivity contribution in [2.45, 2.75) is 70.8 Å². The van der Waals surface area contributed by atoms with Gasteiger partial charge >= 0.3 is 13.6 Å². The number of hydrogen-bond donors (Lipinski definition) is 0. The summed E-state index contributed by atoms with van der Waals surface area (Å²) in [5.74, 6) is -3.39. The average molecular weight is 582 g/mol. The summed E-state index contributed by atoms with van der Waals surface area (Å²) in [7, 11) is -4.01. The van der Waals surface area contributed by atoms with Gasteiger partial charge in [0.2, 0.25) is 0 Å². The number of halogens is 2. The molecule has 2 aliphatic rings. The molecule has 0 aliphatic carbocycles. The molecule has 0 aromatic carbocycles. The summed E-state index contributed by atoms with van der Waals surface area (Å²) >= 11 is 12.4. The van der Waals surface area contributed by atoms with E-state index in [2.05, 4.69) is 9.97 Å². The zero-order valence-electron chi connectivity index (χ0n) is 21.1. The molecule has 206 valence electrons. The minimum atomic E-state index is -4.01. The number of esters is 1. The van der Waals surface area contributed by atoms with Crippen LogP contribution in [0, 0.1) is 0 Å². The first-order valence-corrected chi connectivity index (χ1v) is 14.3. The summed E-state index contributed by atoms with van der Waals surface area (Å²) < 4.78 is 55.4. The van der Waals surface area contributed by atoms with Gasteiger partial charge < -0.3 is 37.3 Å². The predicted octanol–water partition coefficient (Wildman–Crippen LogP) is 4.33. The highest BCUT2D eigenvalue weighted by Crippen LogP contribution is 2.54. The molecular formula is C22H30Cl2N3O9P. The van der Waals surface area contributed by atoms with E-state index in [1.165, 1.54) is 0 Å². The van der Waals surface area contributed by atoms with Gasteiger partial charge in [-0.25, -0.2) is 14.8 Å². The molecule has 0 saturated carbocycles. The van der Waals surface area contributed by atoms with Crippen molar-refractivity contribution in [1.82, 2.24) is 14.5 Å². The number of carbonyl (C=O) groups is 1. The minimum absolute atomic E-state index is 0.0437. The Labute approximate surface area is 224 Å². The Morgan fingerprint density at radius 3 is 2.49 bits per heavy atom. The second-order valence-electron chi connectivity index (χ2n) is 8.70. The number of ether oxygens (including phenoxy) is 5. The normalized spacial score (nSPS) is 25.9. The van der Waals surface area contributed by atoms with Crippen LogP contribution in [0.25, 0.3) is 11.0 Å². The maximum atomic E-state index is 13.4. The van der Waals surface area contributed by atoms with E-state index in [1.54, 1.807) is 51.6 Å². The Balaban J connectivity index is 1.62. The molecule has 0 bridgehead atoms. The molecule has 12 nitrogen and oxygen atoms in total. The van der Waals surface area contributed by atoms with Crippen LogP contribution in [0.15, 0.2) is 12.4 Å². The number of aromatic nitrogens is 3. The predicted molar refractivity (Wildman–Crippen MR) is 133 cm³/mol. The van der Waals surface area contributed by atoms with E-state index in [9.17, 15) is 9.36 Å². The minimum Gasteiger partial charge on any atom is -0.464 e. The van der Waals surface area contributed by atoms with E-state index in [0.717, 1.165) is 0 Å². The smallest absolute Gasteiger partial charge is 0.370 e. The topological polar surface area (TPSA) is 129 Å². The van der Waals surface area contributed by atoms with Crippen molar-refractivity contribution in [3.8, 4) is 0 Å². The lowest BCUT2D eigenvalue weighted by Crippen LogP contribution is -2.37. The van der Waals surface area contributed by atoms with Crippen LogP contribution in [0.1, 0.15) is 40.8 Å². The molecular weight excluding hydrogens is 552 g/mol. The van der Waals surface area contributed by atoms with Gasteiger partial charge in [0.1, 0.15) is 29.0 Å². The summed E-state index contributed by atoms with van der Waals surface area (Å²) in [6, 6.07) is 1.62. The van der Waals surface area contributed by atoms with Gasteiger partial charge in [0.25, 0.3) is 5.85 Å². The fraction of sp³-hybridized carbons (Fsp3) is 0.682. The van der Waals surface area contributed by atoms with Gasteiger partial charge in [-0.1, -0.05) is 23.2 Å². The van der Waals surface area contributed by atoms with Crippen molar-refractivity contribution in [1.29, 1.82) is 0 Å². The zero-order chi connectivity index (χ0) is 27.0. The van der Waals surface area contributed by atoms with Crippen molar-refractivity contribution < 1.29 is 42.1 Å². The lowest BCUT2D eigenvalue weighted by molar-refractivity contribution is -0.203. The first kappa shape index (κ1) is 28.7. The van der Waals surface area contributed by atoms with Gasteiger partial charge in [0, 0.05) is 6.07 Å². The molecule has 1 unspecified atom stereocenters. The first-order chi connectivity index (χ1) is 17.5. The van der Waals surface area contributed by atoms with E-state index < -0.39 is 49.7 Å². The third-order valence-corrected chi connectivity index (χ3v) is 8.33. The van der Waals surface area contributed by atoms with Crippen LogP contribution < -0.4 is 0 Å². The Bertz CT molecular complexity index is 1170. The summed E-state index contributed by atoms with van der Waals surface area (Å²) in [4.78, 5) is 21.1. The van der Waals surface area contributed by atoms with Gasteiger partial charge in [-0.15, -0.1) is 0 Å². The van der Waals surface area contributed by atoms with E-state index in [-0.39, 0.29) is 36.7 Å². The van der Waals surface area contributed by atoms with E-state index >= 15 is 0 Å². The molecule has 0 N–H and O–H groups in total. The Kier molecular flexibility index (Phi) is 8.84. The van der Waals surface area contributed by atoms with Crippen LogP contribution in [0.2, 0.25) is 10.3 Å². The van der Waals surface area contributed by atoms with Gasteiger partial charge in [-0.3, -0.25) is 4.57 Å². The maximum absolute atomic E-state index is 13.4. The number of nitrogens with zero attached hydrogens (tertiary/aromatic N) is 3. The van der Waals surface area contributed by atoms with Crippen LogP contribution >= 0.6 is 30.8 Å². The average Bonchev–Trinajstić information content (AvgIpc) is 3.45. The van der Waals surface area contributed by atoms with Crippen LogP contribution in [0.5, 0.6) is 0 Å². The van der Waals surface area contributed by atoms with Crippen molar-refractivity contribution in [3.05, 3.63) is 22.7 Å². The highest BCUT2D eigenvalue weighted by molar-refractivity contribution is 7.55. The Morgan fingerprint density at radius 1 is 1.16 bits per heavy atom. The fourth-order valence-corrected chi connectivity index (χ4v) is 6.54. The molecule has 5 atom stereocenters. The SMILES string of the molecule is CCOC(=O)C(OC[C@H]1O[C@@H](n2cnc3c(Cl)nc(Cl)cc32)[C@@H]2OC(C)(C)O[C@@H]21)P(=O)(OCC)OCC. The standard InChI is InChI=1S/C22H30Cl2N3O9P/c1-6-30-20(28)21(37(29,32-7-2)33-8-3)31-10-13-16-17(36-22(4,5)35-16)19(34-13)27-11-25-15-12(27)9-14(23)26-18(15)24/h9,11,13,16-17,19,21H,6-8,10H2,1-5H3/t13-,16-,17-,19-,21?/m1/s1. The quantitative estimate of drug-likeness (QED) is 0.213. The number of pyridine rings is 1. The monoisotopic (exact) mass is 581 g/mol. The molecule has 0 spiro atoms. The second-order valence-corrected chi connectivity index (χ2v) is 11.5. The summed E-state index contributed by atoms with van der Waals surface area (Å²) in [5, 5.41) is 0.344. The highest BCUT2D eigenvalue weighted by atomic mass is 35.5. The van der Waals surface area contributed by atoms with E-state index in [1.807, 2.05) is 0 Å². The van der Waals surface area contributed by atoms with E-state index in [0.29, 0.717) is 11.0 Å². The lowest BCUT2D eigenvalue weighted by atomic mass is 10.1. The summed E-state index contributed by atoms with van der Waals surface area (Å²) in [5.41, 5.74) is 1.03. The molecule has 2 fully saturated rings. The van der Waals surface area contributed by atoms with Crippen LogP contribution in [-0.4, -0.2) is 76.9 Å². The fourth-order valence-electron chi connectivity index (χ4n) is 4.40. The van der Waals surface area contributed by atoms with Gasteiger partial charge in [0.15, 0.2) is 17.2 Å². The number of hydrogen-bond acceptors (Lipinski definition) is 11. The molecule has 0 radical (unpaired) electrons.